The van der Waals surface area contributed by atoms with E-state index in [0.29, 0.717) is 10.8 Å². The van der Waals surface area contributed by atoms with E-state index in [0.717, 1.165) is 5.56 Å². The van der Waals surface area contributed by atoms with Gasteiger partial charge in [-0.25, -0.2) is 14.8 Å². The van der Waals surface area contributed by atoms with E-state index in [1.807, 2.05) is 36.2 Å². The van der Waals surface area contributed by atoms with E-state index in [9.17, 15) is 4.79 Å². The molecule has 0 bridgehead atoms. The van der Waals surface area contributed by atoms with Crippen LogP contribution in [0.15, 0.2) is 36.7 Å². The molecular formula is C15H16ClN3O2. The van der Waals surface area contributed by atoms with Crippen molar-refractivity contribution in [2.24, 2.45) is 0 Å². The number of anilines is 1. The first-order valence-electron chi connectivity index (χ1n) is 6.41. The van der Waals surface area contributed by atoms with E-state index in [2.05, 4.69) is 21.6 Å². The Morgan fingerprint density at radius 1 is 1.24 bits per heavy atom. The summed E-state index contributed by atoms with van der Waals surface area (Å²) in [5, 5.41) is 0.704. The van der Waals surface area contributed by atoms with Gasteiger partial charge in [0.25, 0.3) is 0 Å². The predicted molar refractivity (Wildman–Crippen MR) is 81.6 cm³/mol. The summed E-state index contributed by atoms with van der Waals surface area (Å²) in [4.78, 5) is 21.6. The highest BCUT2D eigenvalue weighted by atomic mass is 35.5. The average Bonchev–Trinajstić information content (AvgIpc) is 2.53. The maximum absolute atomic E-state index is 11.3. The number of esters is 1. The molecule has 1 unspecified atom stereocenters. The first-order chi connectivity index (χ1) is 10.0. The topological polar surface area (TPSA) is 55.3 Å². The lowest BCUT2D eigenvalue weighted by Crippen LogP contribution is -2.23. The van der Waals surface area contributed by atoms with Gasteiger partial charge in [0, 0.05) is 12.1 Å². The third-order valence-electron chi connectivity index (χ3n) is 3.33. The van der Waals surface area contributed by atoms with Crippen molar-refractivity contribution in [1.29, 1.82) is 0 Å². The molecule has 6 heteroatoms. The third kappa shape index (κ3) is 3.49. The smallest absolute Gasteiger partial charge is 0.358 e. The molecule has 1 atom stereocenters. The summed E-state index contributed by atoms with van der Waals surface area (Å²) in [6.07, 6.45) is 2.96. The second kappa shape index (κ2) is 6.54. The molecule has 0 aliphatic heterocycles. The quantitative estimate of drug-likeness (QED) is 0.812. The summed E-state index contributed by atoms with van der Waals surface area (Å²) in [5.74, 6) is 0.174. The first kappa shape index (κ1) is 15.3. The van der Waals surface area contributed by atoms with Gasteiger partial charge in [-0.2, -0.15) is 0 Å². The lowest BCUT2D eigenvalue weighted by Gasteiger charge is -2.26. The highest BCUT2D eigenvalue weighted by Crippen LogP contribution is 2.24. The Morgan fingerprint density at radius 3 is 2.43 bits per heavy atom. The Balaban J connectivity index is 2.17. The van der Waals surface area contributed by atoms with Crippen LogP contribution in [-0.4, -0.2) is 30.1 Å². The predicted octanol–water partition coefficient (Wildman–Crippen LogP) is 3.11. The van der Waals surface area contributed by atoms with Crippen LogP contribution in [0.5, 0.6) is 0 Å². The zero-order valence-electron chi connectivity index (χ0n) is 12.1. The van der Waals surface area contributed by atoms with Crippen LogP contribution < -0.4 is 4.90 Å². The number of nitrogens with zero attached hydrogens (tertiary/aromatic N) is 3. The molecule has 0 amide bonds. The molecule has 0 radical (unpaired) electrons. The minimum Gasteiger partial charge on any atom is -0.464 e. The minimum absolute atomic E-state index is 0.0977. The fraction of sp³-hybridized carbons (Fsp3) is 0.267. The average molecular weight is 306 g/mol. The van der Waals surface area contributed by atoms with Crippen molar-refractivity contribution in [2.45, 2.75) is 13.0 Å². The molecule has 1 aromatic heterocycles. The number of halogens is 1. The monoisotopic (exact) mass is 305 g/mol. The number of ether oxygens (including phenoxy) is 1. The molecule has 1 aromatic carbocycles. The fourth-order valence-electron chi connectivity index (χ4n) is 1.88. The molecule has 0 fully saturated rings. The molecule has 0 aliphatic rings. The first-order valence-corrected chi connectivity index (χ1v) is 6.79. The molecule has 21 heavy (non-hydrogen) atoms. The van der Waals surface area contributed by atoms with Gasteiger partial charge in [-0.1, -0.05) is 23.7 Å². The number of aromatic nitrogens is 2. The van der Waals surface area contributed by atoms with Crippen molar-refractivity contribution in [2.75, 3.05) is 19.1 Å². The normalized spacial score (nSPS) is 11.8. The Morgan fingerprint density at radius 2 is 1.90 bits per heavy atom. The van der Waals surface area contributed by atoms with Crippen LogP contribution in [0.1, 0.15) is 29.0 Å². The maximum atomic E-state index is 11.3. The van der Waals surface area contributed by atoms with Gasteiger partial charge in [0.1, 0.15) is 5.82 Å². The molecule has 0 spiro atoms. The maximum Gasteiger partial charge on any atom is 0.358 e. The number of hydrogen-bond acceptors (Lipinski definition) is 5. The number of rotatable bonds is 4. The van der Waals surface area contributed by atoms with Crippen molar-refractivity contribution >= 4 is 23.4 Å². The van der Waals surface area contributed by atoms with E-state index in [1.54, 1.807) is 6.20 Å². The molecule has 2 aromatic rings. The molecule has 2 rings (SSSR count). The van der Waals surface area contributed by atoms with Crippen molar-refractivity contribution in [3.8, 4) is 0 Å². The SMILES string of the molecule is COC(=O)c1cnc(N(C)C(C)c2ccc(Cl)cc2)cn1. The minimum atomic E-state index is -0.498. The number of hydrogen-bond donors (Lipinski definition) is 0. The lowest BCUT2D eigenvalue weighted by molar-refractivity contribution is 0.0593. The fourth-order valence-corrected chi connectivity index (χ4v) is 2.00. The highest BCUT2D eigenvalue weighted by molar-refractivity contribution is 6.30. The summed E-state index contributed by atoms with van der Waals surface area (Å²) in [6, 6.07) is 7.75. The summed E-state index contributed by atoms with van der Waals surface area (Å²) in [7, 11) is 3.23. The van der Waals surface area contributed by atoms with Gasteiger partial charge in [0.05, 0.1) is 25.5 Å². The van der Waals surface area contributed by atoms with E-state index >= 15 is 0 Å². The molecule has 1 heterocycles. The second-order valence-corrected chi connectivity index (χ2v) is 5.03. The van der Waals surface area contributed by atoms with Crippen LogP contribution in [0.25, 0.3) is 0 Å². The van der Waals surface area contributed by atoms with Crippen LogP contribution in [0.3, 0.4) is 0 Å². The lowest BCUT2D eigenvalue weighted by atomic mass is 10.1. The molecule has 0 aliphatic carbocycles. The van der Waals surface area contributed by atoms with Crippen LogP contribution in [0, 0.1) is 0 Å². The van der Waals surface area contributed by atoms with E-state index in [1.165, 1.54) is 13.3 Å². The number of carbonyl (C=O) groups is 1. The van der Waals surface area contributed by atoms with Crippen LogP contribution in [0.4, 0.5) is 5.82 Å². The zero-order chi connectivity index (χ0) is 15.4. The molecular weight excluding hydrogens is 290 g/mol. The Hall–Kier alpha value is -2.14. The van der Waals surface area contributed by atoms with Gasteiger partial charge >= 0.3 is 5.97 Å². The van der Waals surface area contributed by atoms with Crippen molar-refractivity contribution in [1.82, 2.24) is 9.97 Å². The number of benzene rings is 1. The van der Waals surface area contributed by atoms with Gasteiger partial charge in [0.15, 0.2) is 5.69 Å². The number of methoxy groups -OCH3 is 1. The molecule has 0 N–H and O–H groups in total. The van der Waals surface area contributed by atoms with E-state index in [-0.39, 0.29) is 11.7 Å². The van der Waals surface area contributed by atoms with Crippen LogP contribution in [-0.2, 0) is 4.74 Å². The molecule has 0 saturated carbocycles. The van der Waals surface area contributed by atoms with Crippen LogP contribution >= 0.6 is 11.6 Å². The van der Waals surface area contributed by atoms with Gasteiger partial charge in [0.2, 0.25) is 0 Å². The number of carbonyl (C=O) groups excluding carboxylic acids is 1. The molecule has 110 valence electrons. The van der Waals surface area contributed by atoms with Gasteiger partial charge in [-0.15, -0.1) is 0 Å². The Labute approximate surface area is 128 Å². The van der Waals surface area contributed by atoms with Crippen molar-refractivity contribution < 1.29 is 9.53 Å². The van der Waals surface area contributed by atoms with Crippen LogP contribution in [0.2, 0.25) is 5.02 Å². The summed E-state index contributed by atoms with van der Waals surface area (Å²) in [5.41, 5.74) is 1.30. The van der Waals surface area contributed by atoms with E-state index in [4.69, 9.17) is 11.6 Å². The van der Waals surface area contributed by atoms with Gasteiger partial charge in [-0.3, -0.25) is 0 Å². The Bertz CT molecular complexity index is 614. The second-order valence-electron chi connectivity index (χ2n) is 4.59. The molecule has 0 saturated heterocycles. The molecule has 5 nitrogen and oxygen atoms in total. The highest BCUT2D eigenvalue weighted by Gasteiger charge is 2.15. The zero-order valence-corrected chi connectivity index (χ0v) is 12.8. The third-order valence-corrected chi connectivity index (χ3v) is 3.58. The van der Waals surface area contributed by atoms with Crippen molar-refractivity contribution in [3.05, 3.63) is 52.9 Å². The summed E-state index contributed by atoms with van der Waals surface area (Å²) >= 11 is 5.89. The van der Waals surface area contributed by atoms with Gasteiger partial charge < -0.3 is 9.64 Å². The Kier molecular flexibility index (Phi) is 4.75. The van der Waals surface area contributed by atoms with Gasteiger partial charge in [-0.05, 0) is 24.6 Å². The largest absolute Gasteiger partial charge is 0.464 e. The van der Waals surface area contributed by atoms with E-state index < -0.39 is 5.97 Å². The summed E-state index contributed by atoms with van der Waals surface area (Å²) < 4.78 is 4.60. The summed E-state index contributed by atoms with van der Waals surface area (Å²) in [6.45, 7) is 2.05. The standard InChI is InChI=1S/C15H16ClN3O2/c1-10(11-4-6-12(16)7-5-11)19(2)14-9-17-13(8-18-14)15(20)21-3/h4-10H,1-3H3. The van der Waals surface area contributed by atoms with Crippen molar-refractivity contribution in [3.63, 3.8) is 0 Å².